The summed E-state index contributed by atoms with van der Waals surface area (Å²) in [5, 5.41) is 3.90. The van der Waals surface area contributed by atoms with Gasteiger partial charge in [0.2, 0.25) is 0 Å². The first kappa shape index (κ1) is 16.3. The molecule has 2 atom stereocenters. The third-order valence-electron chi connectivity index (χ3n) is 4.84. The van der Waals surface area contributed by atoms with E-state index in [9.17, 15) is 0 Å². The molecule has 1 N–H and O–H groups in total. The highest BCUT2D eigenvalue weighted by Gasteiger charge is 2.22. The Bertz CT molecular complexity index is 471. The molecule has 2 heterocycles. The maximum Gasteiger partial charge on any atom is 0.0417 e. The van der Waals surface area contributed by atoms with Crippen LogP contribution in [0.1, 0.15) is 24.1 Å². The van der Waals surface area contributed by atoms with Gasteiger partial charge in [-0.1, -0.05) is 24.3 Å². The van der Waals surface area contributed by atoms with E-state index in [-0.39, 0.29) is 0 Å². The Balaban J connectivity index is 1.58. The third kappa shape index (κ3) is 4.25. The number of hydrogen-bond acceptors (Lipinski definition) is 4. The molecule has 0 aliphatic carbocycles. The summed E-state index contributed by atoms with van der Waals surface area (Å²) in [6, 6.07) is 10.0. The van der Waals surface area contributed by atoms with Crippen LogP contribution in [-0.4, -0.2) is 67.1 Å². The molecule has 0 unspecified atom stereocenters. The maximum absolute atomic E-state index is 3.90. The van der Waals surface area contributed by atoms with Crippen LogP contribution in [0.3, 0.4) is 0 Å². The minimum Gasteiger partial charge on any atom is -0.305 e. The van der Waals surface area contributed by atoms with E-state index >= 15 is 0 Å². The van der Waals surface area contributed by atoms with Crippen molar-refractivity contribution in [3.05, 3.63) is 35.4 Å². The smallest absolute Gasteiger partial charge is 0.0417 e. The number of fused-ring (bicyclic) bond motifs is 1. The van der Waals surface area contributed by atoms with Gasteiger partial charge in [-0.2, -0.15) is 11.8 Å². The Kier molecular flexibility index (Phi) is 5.80. The van der Waals surface area contributed by atoms with Crippen molar-refractivity contribution in [3.63, 3.8) is 0 Å². The van der Waals surface area contributed by atoms with Crippen LogP contribution in [0.5, 0.6) is 0 Å². The summed E-state index contributed by atoms with van der Waals surface area (Å²) in [4.78, 5) is 5.03. The summed E-state index contributed by atoms with van der Waals surface area (Å²) in [5.41, 5.74) is 3.06. The van der Waals surface area contributed by atoms with Gasteiger partial charge in [-0.15, -0.1) is 0 Å². The molecule has 1 aromatic carbocycles. The summed E-state index contributed by atoms with van der Waals surface area (Å²) in [6.45, 7) is 8.33. The van der Waals surface area contributed by atoms with Crippen molar-refractivity contribution in [3.8, 4) is 0 Å². The highest BCUT2D eigenvalue weighted by molar-refractivity contribution is 7.99. The molecule has 0 radical (unpaired) electrons. The number of thioether (sulfide) groups is 1. The number of nitrogens with zero attached hydrogens (tertiary/aromatic N) is 2. The van der Waals surface area contributed by atoms with E-state index in [0.29, 0.717) is 12.1 Å². The van der Waals surface area contributed by atoms with Gasteiger partial charge in [0, 0.05) is 50.6 Å². The van der Waals surface area contributed by atoms with Gasteiger partial charge >= 0.3 is 0 Å². The van der Waals surface area contributed by atoms with Crippen LogP contribution in [-0.2, 0) is 6.42 Å². The zero-order valence-corrected chi connectivity index (χ0v) is 14.7. The number of piperazine rings is 1. The zero-order valence-electron chi connectivity index (χ0n) is 13.9. The standard InChI is InChI=1S/C18H29N3S/c1-15(13-21-10-8-20(2)9-11-21)19-18-14-22-12-7-16-5-3-4-6-17(16)18/h3-6,15,18-19H,7-14H2,1-2H3/t15-,18+/m0/s1. The molecule has 0 saturated carbocycles. The van der Waals surface area contributed by atoms with Crippen molar-refractivity contribution < 1.29 is 0 Å². The summed E-state index contributed by atoms with van der Waals surface area (Å²) >= 11 is 2.09. The average Bonchev–Trinajstić information content (AvgIpc) is 2.72. The molecule has 0 amide bonds. The quantitative estimate of drug-likeness (QED) is 0.917. The molecule has 3 nitrogen and oxygen atoms in total. The summed E-state index contributed by atoms with van der Waals surface area (Å²) in [7, 11) is 2.22. The van der Waals surface area contributed by atoms with Gasteiger partial charge in [0.1, 0.15) is 0 Å². The Morgan fingerprint density at radius 3 is 2.82 bits per heavy atom. The lowest BCUT2D eigenvalue weighted by molar-refractivity contribution is 0.142. The van der Waals surface area contributed by atoms with Crippen LogP contribution in [0, 0.1) is 0 Å². The molecule has 122 valence electrons. The summed E-state index contributed by atoms with van der Waals surface area (Å²) in [6.07, 6.45) is 1.21. The first-order valence-electron chi connectivity index (χ1n) is 8.55. The fourth-order valence-corrected chi connectivity index (χ4v) is 4.57. The lowest BCUT2D eigenvalue weighted by Crippen LogP contribution is -2.49. The van der Waals surface area contributed by atoms with Gasteiger partial charge in [0.05, 0.1) is 0 Å². The van der Waals surface area contributed by atoms with Crippen molar-refractivity contribution >= 4 is 11.8 Å². The van der Waals surface area contributed by atoms with Crippen LogP contribution in [0.25, 0.3) is 0 Å². The van der Waals surface area contributed by atoms with Crippen LogP contribution in [0.4, 0.5) is 0 Å². The second-order valence-corrected chi connectivity index (χ2v) is 7.90. The normalized spacial score (nSPS) is 25.5. The molecule has 1 aromatic rings. The molecule has 0 aromatic heterocycles. The Morgan fingerprint density at radius 1 is 1.23 bits per heavy atom. The molecule has 0 spiro atoms. The number of nitrogens with one attached hydrogen (secondary N) is 1. The highest BCUT2D eigenvalue weighted by Crippen LogP contribution is 2.27. The van der Waals surface area contributed by atoms with Crippen molar-refractivity contribution in [2.45, 2.75) is 25.4 Å². The average molecular weight is 320 g/mol. The maximum atomic E-state index is 3.90. The van der Waals surface area contributed by atoms with Gasteiger partial charge in [-0.3, -0.25) is 4.90 Å². The predicted molar refractivity (Wildman–Crippen MR) is 96.7 cm³/mol. The van der Waals surface area contributed by atoms with E-state index in [1.165, 1.54) is 55.2 Å². The molecule has 4 heteroatoms. The second kappa shape index (κ2) is 7.82. The van der Waals surface area contributed by atoms with Crippen LogP contribution >= 0.6 is 11.8 Å². The number of aryl methyl sites for hydroxylation is 1. The first-order valence-corrected chi connectivity index (χ1v) is 9.70. The first-order chi connectivity index (χ1) is 10.7. The number of rotatable bonds is 4. The van der Waals surface area contributed by atoms with Crippen molar-refractivity contribution in [1.29, 1.82) is 0 Å². The van der Waals surface area contributed by atoms with Gasteiger partial charge in [0.15, 0.2) is 0 Å². The molecular formula is C18H29N3S. The monoisotopic (exact) mass is 319 g/mol. The molecular weight excluding hydrogens is 290 g/mol. The largest absolute Gasteiger partial charge is 0.305 e. The number of benzene rings is 1. The van der Waals surface area contributed by atoms with Gasteiger partial charge in [-0.25, -0.2) is 0 Å². The van der Waals surface area contributed by atoms with E-state index < -0.39 is 0 Å². The van der Waals surface area contributed by atoms with Crippen LogP contribution in [0.2, 0.25) is 0 Å². The second-order valence-electron chi connectivity index (χ2n) is 6.75. The van der Waals surface area contributed by atoms with Gasteiger partial charge in [0.25, 0.3) is 0 Å². The lowest BCUT2D eigenvalue weighted by Gasteiger charge is -2.35. The molecule has 1 saturated heterocycles. The number of likely N-dealkylation sites (N-methyl/N-ethyl adjacent to an activating group) is 1. The van der Waals surface area contributed by atoms with Gasteiger partial charge in [-0.05, 0) is 37.3 Å². The van der Waals surface area contributed by atoms with Crippen LogP contribution < -0.4 is 5.32 Å². The summed E-state index contributed by atoms with van der Waals surface area (Å²) in [5.74, 6) is 2.45. The van der Waals surface area contributed by atoms with E-state index in [1.807, 2.05) is 0 Å². The predicted octanol–water partition coefficient (Wildman–Crippen LogP) is 2.24. The molecule has 3 rings (SSSR count). The Labute approximate surface area is 139 Å². The fraction of sp³-hybridized carbons (Fsp3) is 0.667. The van der Waals surface area contributed by atoms with E-state index in [2.05, 4.69) is 65.1 Å². The lowest BCUT2D eigenvalue weighted by atomic mass is 9.99. The molecule has 0 bridgehead atoms. The van der Waals surface area contributed by atoms with Gasteiger partial charge < -0.3 is 10.2 Å². The van der Waals surface area contributed by atoms with E-state index in [1.54, 1.807) is 0 Å². The Morgan fingerprint density at radius 2 is 2.00 bits per heavy atom. The molecule has 2 aliphatic heterocycles. The zero-order chi connectivity index (χ0) is 15.4. The Hall–Kier alpha value is -0.550. The van der Waals surface area contributed by atoms with E-state index in [4.69, 9.17) is 0 Å². The highest BCUT2D eigenvalue weighted by atomic mass is 32.2. The van der Waals surface area contributed by atoms with E-state index in [0.717, 1.165) is 6.54 Å². The molecule has 2 aliphatic rings. The van der Waals surface area contributed by atoms with Crippen molar-refractivity contribution in [2.75, 3.05) is 51.3 Å². The molecule has 22 heavy (non-hydrogen) atoms. The topological polar surface area (TPSA) is 18.5 Å². The molecule has 1 fully saturated rings. The van der Waals surface area contributed by atoms with Crippen LogP contribution in [0.15, 0.2) is 24.3 Å². The minimum absolute atomic E-state index is 0.506. The van der Waals surface area contributed by atoms with Crippen molar-refractivity contribution in [1.82, 2.24) is 15.1 Å². The van der Waals surface area contributed by atoms with Crippen molar-refractivity contribution in [2.24, 2.45) is 0 Å². The third-order valence-corrected chi connectivity index (χ3v) is 5.91. The SMILES string of the molecule is C[C@@H](CN1CCN(C)CC1)N[C@@H]1CSCCc2ccccc21. The number of hydrogen-bond donors (Lipinski definition) is 1. The summed E-state index contributed by atoms with van der Waals surface area (Å²) < 4.78 is 0. The minimum atomic E-state index is 0.506. The fourth-order valence-electron chi connectivity index (χ4n) is 3.53.